The highest BCUT2D eigenvalue weighted by Gasteiger charge is 2.21. The number of carbonyl (C=O) groups excluding carboxylic acids is 1. The van der Waals surface area contributed by atoms with Crippen molar-refractivity contribution in [2.24, 2.45) is 0 Å². The van der Waals surface area contributed by atoms with Gasteiger partial charge in [0.1, 0.15) is 17.2 Å². The number of imidazole rings is 2. The molecule has 0 bridgehead atoms. The van der Waals surface area contributed by atoms with Crippen LogP contribution in [0.2, 0.25) is 0 Å². The van der Waals surface area contributed by atoms with Crippen molar-refractivity contribution in [3.63, 3.8) is 0 Å². The summed E-state index contributed by atoms with van der Waals surface area (Å²) in [6.45, 7) is 14.7. The van der Waals surface area contributed by atoms with Crippen molar-refractivity contribution in [3.05, 3.63) is 65.7 Å². The maximum absolute atomic E-state index is 11.8. The number of para-hydroxylation sites is 1. The molecule has 9 nitrogen and oxygen atoms in total. The molecule has 3 heterocycles. The lowest BCUT2D eigenvalue weighted by atomic mass is 9.87. The Kier molecular flexibility index (Phi) is 7.85. The molecular weight excluding hydrogens is 500 g/mol. The summed E-state index contributed by atoms with van der Waals surface area (Å²) in [6, 6.07) is 15.1. The molecule has 212 valence electrons. The molecule has 4 aromatic rings. The summed E-state index contributed by atoms with van der Waals surface area (Å²) < 4.78 is 2.12. The Bertz CT molecular complexity index is 1450. The third kappa shape index (κ3) is 6.14. The van der Waals surface area contributed by atoms with Crippen LogP contribution in [0.25, 0.3) is 22.4 Å². The van der Waals surface area contributed by atoms with Crippen molar-refractivity contribution in [2.75, 3.05) is 51.7 Å². The van der Waals surface area contributed by atoms with E-state index in [1.54, 1.807) is 19.0 Å². The lowest BCUT2D eigenvalue weighted by molar-refractivity contribution is 0.217. The first-order valence-corrected chi connectivity index (χ1v) is 14.1. The van der Waals surface area contributed by atoms with E-state index < -0.39 is 0 Å². The summed E-state index contributed by atoms with van der Waals surface area (Å²) in [6.07, 6.45) is 2.11. The van der Waals surface area contributed by atoms with Crippen molar-refractivity contribution in [3.8, 4) is 11.4 Å². The SMILES string of the molecule is Cc1nc(CN2CCN(c3cccc4[nH]c(-c5ccc(C(C)(C)C)cc5)nc34)CC2)cn1CCNC(=O)N(C)C. The van der Waals surface area contributed by atoms with E-state index >= 15 is 0 Å². The summed E-state index contributed by atoms with van der Waals surface area (Å²) >= 11 is 0. The van der Waals surface area contributed by atoms with Crippen molar-refractivity contribution < 1.29 is 4.79 Å². The minimum absolute atomic E-state index is 0.0765. The van der Waals surface area contributed by atoms with Crippen LogP contribution in [-0.2, 0) is 18.5 Å². The Morgan fingerprint density at radius 3 is 2.42 bits per heavy atom. The number of benzene rings is 2. The standard InChI is InChI=1S/C31H42N8O/c1-22-33-25(21-39(22)15-14-32-30(40)36(5)6)20-37-16-18-38(19-17-37)27-9-7-8-26-28(27)35-29(34-26)23-10-12-24(13-11-23)31(2,3)4/h7-13,21H,14-20H2,1-6H3,(H,32,40)(H,34,35). The molecule has 0 saturated carbocycles. The van der Waals surface area contributed by atoms with E-state index in [1.165, 1.54) is 11.3 Å². The van der Waals surface area contributed by atoms with Gasteiger partial charge in [-0.05, 0) is 30.0 Å². The van der Waals surface area contributed by atoms with E-state index in [2.05, 4.69) is 94.1 Å². The molecular formula is C31H42N8O. The van der Waals surface area contributed by atoms with Gasteiger partial charge in [0.2, 0.25) is 0 Å². The molecule has 5 rings (SSSR count). The zero-order valence-corrected chi connectivity index (χ0v) is 24.7. The number of aromatic amines is 1. The van der Waals surface area contributed by atoms with Gasteiger partial charge in [-0.2, -0.15) is 0 Å². The molecule has 1 fully saturated rings. The number of amides is 2. The number of aryl methyl sites for hydroxylation is 1. The molecule has 0 unspecified atom stereocenters. The van der Waals surface area contributed by atoms with Gasteiger partial charge in [-0.25, -0.2) is 14.8 Å². The number of nitrogens with zero attached hydrogens (tertiary/aromatic N) is 6. The number of carbonyl (C=O) groups is 1. The largest absolute Gasteiger partial charge is 0.367 e. The Balaban J connectivity index is 1.21. The van der Waals surface area contributed by atoms with Gasteiger partial charge in [0.15, 0.2) is 0 Å². The second kappa shape index (κ2) is 11.3. The number of hydrogen-bond acceptors (Lipinski definition) is 5. The maximum Gasteiger partial charge on any atom is 0.316 e. The van der Waals surface area contributed by atoms with Gasteiger partial charge < -0.3 is 24.7 Å². The molecule has 1 saturated heterocycles. The van der Waals surface area contributed by atoms with Crippen LogP contribution in [0.4, 0.5) is 10.5 Å². The molecule has 1 aliphatic rings. The molecule has 2 aromatic heterocycles. The molecule has 2 amide bonds. The molecule has 0 radical (unpaired) electrons. The quantitative estimate of drug-likeness (QED) is 0.356. The number of hydrogen-bond donors (Lipinski definition) is 2. The van der Waals surface area contributed by atoms with Crippen LogP contribution in [0.3, 0.4) is 0 Å². The Hall–Kier alpha value is -3.85. The first-order valence-electron chi connectivity index (χ1n) is 14.1. The van der Waals surface area contributed by atoms with Crippen molar-refractivity contribution in [1.82, 2.24) is 34.6 Å². The molecule has 2 aromatic carbocycles. The van der Waals surface area contributed by atoms with Crippen molar-refractivity contribution in [2.45, 2.75) is 46.2 Å². The maximum atomic E-state index is 11.8. The average Bonchev–Trinajstić information content (AvgIpc) is 3.51. The number of urea groups is 1. The van der Waals surface area contributed by atoms with E-state index in [1.807, 2.05) is 6.92 Å². The lowest BCUT2D eigenvalue weighted by Crippen LogP contribution is -2.46. The van der Waals surface area contributed by atoms with Crippen LogP contribution in [0.15, 0.2) is 48.7 Å². The predicted octanol–water partition coefficient (Wildman–Crippen LogP) is 4.63. The zero-order valence-electron chi connectivity index (χ0n) is 24.7. The van der Waals surface area contributed by atoms with Crippen LogP contribution in [0, 0.1) is 6.92 Å². The molecule has 0 spiro atoms. The van der Waals surface area contributed by atoms with Crippen LogP contribution in [0.5, 0.6) is 0 Å². The zero-order chi connectivity index (χ0) is 28.4. The van der Waals surface area contributed by atoms with Gasteiger partial charge in [0.25, 0.3) is 0 Å². The lowest BCUT2D eigenvalue weighted by Gasteiger charge is -2.35. The first kappa shape index (κ1) is 27.7. The van der Waals surface area contributed by atoms with Gasteiger partial charge in [-0.1, -0.05) is 51.1 Å². The van der Waals surface area contributed by atoms with Crippen LogP contribution >= 0.6 is 0 Å². The fourth-order valence-electron chi connectivity index (χ4n) is 5.23. The van der Waals surface area contributed by atoms with E-state index in [0.29, 0.717) is 13.1 Å². The van der Waals surface area contributed by atoms with Crippen molar-refractivity contribution >= 4 is 22.8 Å². The molecule has 9 heteroatoms. The third-order valence-electron chi connectivity index (χ3n) is 7.68. The summed E-state index contributed by atoms with van der Waals surface area (Å²) in [5.41, 5.74) is 6.91. The van der Waals surface area contributed by atoms with Crippen LogP contribution < -0.4 is 10.2 Å². The van der Waals surface area contributed by atoms with Gasteiger partial charge in [-0.15, -0.1) is 0 Å². The van der Waals surface area contributed by atoms with Gasteiger partial charge in [-0.3, -0.25) is 4.90 Å². The van der Waals surface area contributed by atoms with Gasteiger partial charge >= 0.3 is 6.03 Å². The molecule has 0 aliphatic carbocycles. The summed E-state index contributed by atoms with van der Waals surface area (Å²) in [5, 5.41) is 2.91. The molecule has 2 N–H and O–H groups in total. The molecule has 1 aliphatic heterocycles. The minimum Gasteiger partial charge on any atom is -0.367 e. The van der Waals surface area contributed by atoms with Gasteiger partial charge in [0, 0.05) is 71.7 Å². The summed E-state index contributed by atoms with van der Waals surface area (Å²) in [5.74, 6) is 1.88. The van der Waals surface area contributed by atoms with E-state index in [4.69, 9.17) is 9.97 Å². The number of fused-ring (bicyclic) bond motifs is 1. The number of aromatic nitrogens is 4. The highest BCUT2D eigenvalue weighted by Crippen LogP contribution is 2.30. The monoisotopic (exact) mass is 542 g/mol. The fourth-order valence-corrected chi connectivity index (χ4v) is 5.23. The predicted molar refractivity (Wildman–Crippen MR) is 162 cm³/mol. The number of nitrogens with one attached hydrogen (secondary N) is 2. The second-order valence-corrected chi connectivity index (χ2v) is 11.9. The highest BCUT2D eigenvalue weighted by atomic mass is 16.2. The summed E-state index contributed by atoms with van der Waals surface area (Å²) in [7, 11) is 3.49. The Morgan fingerprint density at radius 2 is 1.75 bits per heavy atom. The first-order chi connectivity index (χ1) is 19.1. The van der Waals surface area contributed by atoms with E-state index in [9.17, 15) is 4.79 Å². The number of rotatable bonds is 7. The van der Waals surface area contributed by atoms with Crippen LogP contribution in [-0.4, -0.2) is 82.2 Å². The number of anilines is 1. The Labute approximate surface area is 237 Å². The van der Waals surface area contributed by atoms with Crippen molar-refractivity contribution in [1.29, 1.82) is 0 Å². The number of piperazine rings is 1. The highest BCUT2D eigenvalue weighted by molar-refractivity contribution is 5.91. The third-order valence-corrected chi connectivity index (χ3v) is 7.68. The molecule has 40 heavy (non-hydrogen) atoms. The Morgan fingerprint density at radius 1 is 1.02 bits per heavy atom. The van der Waals surface area contributed by atoms with Crippen LogP contribution in [0.1, 0.15) is 37.9 Å². The average molecular weight is 543 g/mol. The number of H-pyrrole nitrogens is 1. The summed E-state index contributed by atoms with van der Waals surface area (Å²) in [4.78, 5) is 31.6. The van der Waals surface area contributed by atoms with E-state index in [-0.39, 0.29) is 11.4 Å². The minimum atomic E-state index is -0.0765. The second-order valence-electron chi connectivity index (χ2n) is 11.9. The smallest absolute Gasteiger partial charge is 0.316 e. The van der Waals surface area contributed by atoms with E-state index in [0.717, 1.165) is 66.7 Å². The normalized spacial score (nSPS) is 14.6. The molecule has 0 atom stereocenters. The topological polar surface area (TPSA) is 85.3 Å². The fraction of sp³-hybridized carbons (Fsp3) is 0.452. The van der Waals surface area contributed by atoms with Gasteiger partial charge in [0.05, 0.1) is 16.9 Å².